The molecule has 302 valence electrons. The van der Waals surface area contributed by atoms with Crippen molar-refractivity contribution < 1.29 is 62.1 Å². The fourth-order valence-corrected chi connectivity index (χ4v) is 15.2. The Morgan fingerprint density at radius 3 is 0.525 bits per heavy atom. The van der Waals surface area contributed by atoms with Gasteiger partial charge in [-0.25, -0.2) is 0 Å². The summed E-state index contributed by atoms with van der Waals surface area (Å²) in [6.45, 7) is 14.2. The maximum atomic E-state index is 6.81. The molecule has 0 saturated carbocycles. The van der Waals surface area contributed by atoms with Crippen LogP contribution in [0.1, 0.15) is 38.9 Å². The number of halogens is 1. The molecule has 0 atom stereocenters. The van der Waals surface area contributed by atoms with E-state index >= 15 is 0 Å². The monoisotopic (exact) mass is 964 g/mol. The van der Waals surface area contributed by atoms with Gasteiger partial charge in [0.1, 0.15) is 0 Å². The summed E-state index contributed by atoms with van der Waals surface area (Å²) in [7, 11) is 6.81. The molecule has 10 heteroatoms. The van der Waals surface area contributed by atoms with Gasteiger partial charge in [0.15, 0.2) is 0 Å². The molecular weight excluding hydrogens is 918 g/mol. The molecule has 7 rings (SSSR count). The van der Waals surface area contributed by atoms with Gasteiger partial charge >= 0.3 is 368 Å². The predicted molar refractivity (Wildman–Crippen MR) is 229 cm³/mol. The molecule has 0 heterocycles. The van der Waals surface area contributed by atoms with Gasteiger partial charge in [-0.3, -0.25) is 0 Å². The summed E-state index contributed by atoms with van der Waals surface area (Å²) in [6, 6.07) is 54.3. The average molecular weight is 968 g/mol. The van der Waals surface area contributed by atoms with Crippen molar-refractivity contribution in [2.75, 3.05) is 0 Å². The molecule has 0 aromatic heterocycles. The number of benzene rings is 7. The van der Waals surface area contributed by atoms with Gasteiger partial charge in [0.05, 0.1) is 0 Å². The molecule has 0 unspecified atom stereocenters. The van der Waals surface area contributed by atoms with Crippen LogP contribution in [0.3, 0.4) is 0 Å². The quantitative estimate of drug-likeness (QED) is 0.108. The Morgan fingerprint density at radius 1 is 0.237 bits per heavy atom. The summed E-state index contributed by atoms with van der Waals surface area (Å²) in [5, 5.41) is 0. The van der Waals surface area contributed by atoms with E-state index < -0.39 is 42.4 Å². The van der Waals surface area contributed by atoms with Gasteiger partial charge in [-0.1, -0.05) is 0 Å². The van der Waals surface area contributed by atoms with E-state index in [9.17, 15) is 0 Å². The number of hydrogen-bond donors (Lipinski definition) is 0. The van der Waals surface area contributed by atoms with E-state index in [1.807, 2.05) is 218 Å². The molecule has 7 aromatic carbocycles. The van der Waals surface area contributed by atoms with E-state index in [1.54, 1.807) is 0 Å². The Hall–Kier alpha value is -4.80. The van der Waals surface area contributed by atoms with Gasteiger partial charge in [0, 0.05) is 0 Å². The number of rotatable bonds is 14. The second kappa shape index (κ2) is 20.4. The Morgan fingerprint density at radius 2 is 0.373 bits per heavy atom. The Kier molecular flexibility index (Phi) is 15.2. The minimum absolute atomic E-state index is 0.639. The van der Waals surface area contributed by atoms with Crippen molar-refractivity contribution in [1.29, 1.82) is 0 Å². The zero-order valence-corrected chi connectivity index (χ0v) is 40.1. The minimum atomic E-state index is -4.81. The molecule has 0 N–H and O–H groups in total. The van der Waals surface area contributed by atoms with Gasteiger partial charge in [-0.2, -0.15) is 0 Å². The third kappa shape index (κ3) is 13.9. The summed E-state index contributed by atoms with van der Waals surface area (Å²) >= 11 is -9.24. The van der Waals surface area contributed by atoms with Crippen molar-refractivity contribution >= 4 is 8.51 Å². The topological polar surface area (TPSA) is 64.6 Å². The molecule has 0 amide bonds. The van der Waals surface area contributed by atoms with Crippen LogP contribution in [-0.2, 0) is 42.4 Å². The Balaban J connectivity index is 0.000000204. The summed E-state index contributed by atoms with van der Waals surface area (Å²) < 4.78 is 44.2. The van der Waals surface area contributed by atoms with Crippen LogP contribution >= 0.6 is 8.51 Å². The summed E-state index contributed by atoms with van der Waals surface area (Å²) in [6.07, 6.45) is 0. The molecule has 0 aliphatic carbocycles. The zero-order chi connectivity index (χ0) is 41.8. The van der Waals surface area contributed by atoms with Crippen molar-refractivity contribution in [3.63, 3.8) is 0 Å². The van der Waals surface area contributed by atoms with E-state index in [0.29, 0.717) is 40.2 Å². The molecule has 7 nitrogen and oxygen atoms in total. The SMILES string of the molecule is Cc1ccc([O][Zr]([Cl])([O]c2ccc(C)cc2)[O]c2ccc(C)cc2)cc1.Cc1ccc([O][Zr]([O]c2ccc(C)cc2)([O]c2ccc(C)cc2)[O]c2ccc(C)cc2)cc1. The standard InChI is InChI=1S/7C7H8O.ClH.2Zr/c7*1-6-2-4-7(8)5-3-6;;;/h7*2-5,8H,1H3;1H;;/q;;;;;;;;2*+4/p-8. The van der Waals surface area contributed by atoms with Crippen molar-refractivity contribution in [2.24, 2.45) is 0 Å². The molecule has 0 aliphatic rings. The average Bonchev–Trinajstić information content (AvgIpc) is 3.21. The summed E-state index contributed by atoms with van der Waals surface area (Å²) in [4.78, 5) is 0. The van der Waals surface area contributed by atoms with Crippen LogP contribution < -0.4 is 19.7 Å². The van der Waals surface area contributed by atoms with Gasteiger partial charge < -0.3 is 0 Å². The fourth-order valence-electron chi connectivity index (χ4n) is 5.43. The first-order valence-corrected chi connectivity index (χ1v) is 29.5. The second-order valence-electron chi connectivity index (χ2n) is 14.4. The van der Waals surface area contributed by atoms with Crippen LogP contribution in [0.2, 0.25) is 0 Å². The Labute approximate surface area is 365 Å². The maximum absolute atomic E-state index is 6.81. The van der Waals surface area contributed by atoms with E-state index in [4.69, 9.17) is 28.2 Å². The molecule has 0 spiro atoms. The molecule has 0 saturated heterocycles. The van der Waals surface area contributed by atoms with Crippen molar-refractivity contribution in [2.45, 2.75) is 48.5 Å². The third-order valence-corrected chi connectivity index (χ3v) is 18.5. The summed E-state index contributed by atoms with van der Waals surface area (Å²) in [5.41, 5.74) is 8.00. The van der Waals surface area contributed by atoms with Crippen LogP contribution in [0.25, 0.3) is 0 Å². The van der Waals surface area contributed by atoms with Crippen molar-refractivity contribution in [3.8, 4) is 40.2 Å². The normalized spacial score (nSPS) is 11.1. The molecule has 0 fully saturated rings. The van der Waals surface area contributed by atoms with Crippen molar-refractivity contribution in [1.82, 2.24) is 0 Å². The van der Waals surface area contributed by atoms with Crippen LogP contribution in [0.4, 0.5) is 0 Å². The van der Waals surface area contributed by atoms with Crippen molar-refractivity contribution in [3.05, 3.63) is 209 Å². The second-order valence-corrected chi connectivity index (χ2v) is 25.5. The van der Waals surface area contributed by atoms with Gasteiger partial charge in [-0.05, 0) is 0 Å². The molecule has 7 aromatic rings. The van der Waals surface area contributed by atoms with Crippen LogP contribution in [-0.4, -0.2) is 0 Å². The third-order valence-electron chi connectivity index (χ3n) is 8.84. The first kappa shape index (κ1) is 43.8. The van der Waals surface area contributed by atoms with E-state index in [0.717, 1.165) is 38.9 Å². The molecular formula is C49H49ClO7Zr2. The molecule has 0 aliphatic heterocycles. The first-order chi connectivity index (χ1) is 28.3. The molecule has 0 radical (unpaired) electrons. The van der Waals surface area contributed by atoms with Gasteiger partial charge in [0.2, 0.25) is 0 Å². The van der Waals surface area contributed by atoms with E-state index in [-0.39, 0.29) is 0 Å². The van der Waals surface area contributed by atoms with E-state index in [2.05, 4.69) is 0 Å². The number of hydrogen-bond acceptors (Lipinski definition) is 7. The van der Waals surface area contributed by atoms with Crippen LogP contribution in [0.5, 0.6) is 40.2 Å². The number of aryl methyl sites for hydroxylation is 7. The summed E-state index contributed by atoms with van der Waals surface area (Å²) in [5.74, 6) is 4.48. The molecule has 0 bridgehead atoms. The van der Waals surface area contributed by atoms with Gasteiger partial charge in [0.25, 0.3) is 0 Å². The predicted octanol–water partition coefficient (Wildman–Crippen LogP) is 13.6. The zero-order valence-electron chi connectivity index (χ0n) is 34.4. The van der Waals surface area contributed by atoms with Gasteiger partial charge in [-0.15, -0.1) is 0 Å². The fraction of sp³-hybridized carbons (Fsp3) is 0.143. The van der Waals surface area contributed by atoms with Crippen LogP contribution in [0.15, 0.2) is 170 Å². The van der Waals surface area contributed by atoms with Crippen LogP contribution in [0, 0.1) is 48.5 Å². The first-order valence-electron chi connectivity index (χ1n) is 19.3. The Bertz CT molecular complexity index is 2040. The van der Waals surface area contributed by atoms with E-state index in [1.165, 1.54) is 0 Å². The molecule has 59 heavy (non-hydrogen) atoms.